The van der Waals surface area contributed by atoms with Crippen LogP contribution in [-0.2, 0) is 9.53 Å². The molecular weight excluding hydrogens is 248 g/mol. The molecule has 0 spiro atoms. The molecule has 0 amide bonds. The number of hydrogen-bond donors (Lipinski definition) is 1. The van der Waals surface area contributed by atoms with Gasteiger partial charge in [0, 0.05) is 19.8 Å². The molecule has 0 aliphatic heterocycles. The Balaban J connectivity index is 2.70. The maximum Gasteiger partial charge on any atom is 0.339 e. The lowest BCUT2D eigenvalue weighted by Crippen LogP contribution is -2.29. The summed E-state index contributed by atoms with van der Waals surface area (Å²) in [5.41, 5.74) is 0.380. The molecule has 1 rings (SSSR count). The molecule has 1 atom stereocenters. The summed E-state index contributed by atoms with van der Waals surface area (Å²) in [6.07, 6.45) is 1.43. The Bertz CT molecular complexity index is 444. The quantitative estimate of drug-likeness (QED) is 0.784. The Kier molecular flexibility index (Phi) is 5.29. The third-order valence-electron chi connectivity index (χ3n) is 2.62. The highest BCUT2D eigenvalue weighted by molar-refractivity contribution is 5.89. The first kappa shape index (κ1) is 14.9. The van der Waals surface area contributed by atoms with Gasteiger partial charge in [0.2, 0.25) is 0 Å². The van der Waals surface area contributed by atoms with Gasteiger partial charge in [0.1, 0.15) is 5.82 Å². The van der Waals surface area contributed by atoms with Gasteiger partial charge in [-0.25, -0.2) is 9.78 Å². The molecule has 0 saturated heterocycles. The van der Waals surface area contributed by atoms with Crippen molar-refractivity contribution in [1.29, 1.82) is 0 Å². The maximum absolute atomic E-state index is 11.4. The van der Waals surface area contributed by atoms with Crippen LogP contribution in [0, 0.1) is 5.92 Å². The lowest BCUT2D eigenvalue weighted by molar-refractivity contribution is -0.140. The minimum atomic E-state index is -0.852. The molecule has 0 aliphatic rings. The molecule has 104 valence electrons. The highest BCUT2D eigenvalue weighted by Gasteiger charge is 2.15. The Morgan fingerprint density at radius 2 is 2.16 bits per heavy atom. The molecule has 0 aromatic carbocycles. The van der Waals surface area contributed by atoms with Gasteiger partial charge in [-0.15, -0.1) is 0 Å². The minimum Gasteiger partial charge on any atom is -0.481 e. The van der Waals surface area contributed by atoms with Gasteiger partial charge in [0.15, 0.2) is 0 Å². The molecule has 0 saturated carbocycles. The fraction of sp³-hybridized carbons (Fsp3) is 0.462. The number of nitrogens with zero attached hydrogens (tertiary/aromatic N) is 2. The van der Waals surface area contributed by atoms with Crippen LogP contribution in [-0.4, -0.2) is 42.2 Å². The van der Waals surface area contributed by atoms with Crippen LogP contribution in [0.5, 0.6) is 0 Å². The number of hydrogen-bond acceptors (Lipinski definition) is 5. The van der Waals surface area contributed by atoms with Gasteiger partial charge in [0.25, 0.3) is 0 Å². The van der Waals surface area contributed by atoms with E-state index in [1.807, 2.05) is 0 Å². The summed E-state index contributed by atoms with van der Waals surface area (Å²) in [6.45, 7) is 4.03. The van der Waals surface area contributed by atoms with Crippen molar-refractivity contribution in [2.75, 3.05) is 25.1 Å². The number of aliphatic carboxylic acids is 1. The first-order chi connectivity index (χ1) is 8.95. The third kappa shape index (κ3) is 4.24. The van der Waals surface area contributed by atoms with Gasteiger partial charge in [-0.05, 0) is 19.1 Å². The zero-order chi connectivity index (χ0) is 14.4. The number of esters is 1. The first-order valence-electron chi connectivity index (χ1n) is 6.02. The van der Waals surface area contributed by atoms with Gasteiger partial charge in [0.05, 0.1) is 18.1 Å². The summed E-state index contributed by atoms with van der Waals surface area (Å²) in [7, 11) is 1.76. The van der Waals surface area contributed by atoms with Crippen LogP contribution in [0.1, 0.15) is 24.2 Å². The van der Waals surface area contributed by atoms with Crippen molar-refractivity contribution in [1.82, 2.24) is 4.98 Å². The Morgan fingerprint density at radius 3 is 2.63 bits per heavy atom. The average molecular weight is 266 g/mol. The van der Waals surface area contributed by atoms with Gasteiger partial charge >= 0.3 is 11.9 Å². The van der Waals surface area contributed by atoms with Crippen molar-refractivity contribution in [3.8, 4) is 0 Å². The van der Waals surface area contributed by atoms with Gasteiger partial charge in [-0.3, -0.25) is 4.79 Å². The number of ether oxygens (including phenoxy) is 1. The second kappa shape index (κ2) is 6.72. The predicted octanol–water partition coefficient (Wildman–Crippen LogP) is 1.42. The fourth-order valence-electron chi connectivity index (χ4n) is 1.53. The van der Waals surface area contributed by atoms with E-state index >= 15 is 0 Å². The van der Waals surface area contributed by atoms with Gasteiger partial charge in [-0.1, -0.05) is 6.92 Å². The van der Waals surface area contributed by atoms with E-state index < -0.39 is 17.9 Å². The van der Waals surface area contributed by atoms with Crippen molar-refractivity contribution in [2.45, 2.75) is 13.8 Å². The molecule has 1 heterocycles. The molecule has 1 aromatic rings. The molecule has 6 heteroatoms. The van der Waals surface area contributed by atoms with Crippen LogP contribution in [0.15, 0.2) is 18.3 Å². The highest BCUT2D eigenvalue weighted by Crippen LogP contribution is 2.12. The van der Waals surface area contributed by atoms with Crippen LogP contribution in [0.3, 0.4) is 0 Å². The summed E-state index contributed by atoms with van der Waals surface area (Å²) < 4.78 is 4.85. The van der Waals surface area contributed by atoms with Crippen LogP contribution >= 0.6 is 0 Å². The summed E-state index contributed by atoms with van der Waals surface area (Å²) in [5.74, 6) is -1.14. The zero-order valence-corrected chi connectivity index (χ0v) is 11.3. The van der Waals surface area contributed by atoms with E-state index in [9.17, 15) is 9.59 Å². The summed E-state index contributed by atoms with van der Waals surface area (Å²) in [4.78, 5) is 28.1. The molecule has 6 nitrogen and oxygen atoms in total. The second-order valence-electron chi connectivity index (χ2n) is 4.25. The Morgan fingerprint density at radius 1 is 1.47 bits per heavy atom. The lowest BCUT2D eigenvalue weighted by atomic mass is 10.2. The van der Waals surface area contributed by atoms with E-state index in [0.717, 1.165) is 0 Å². The molecule has 0 radical (unpaired) electrons. The van der Waals surface area contributed by atoms with Crippen molar-refractivity contribution in [3.05, 3.63) is 23.9 Å². The largest absolute Gasteiger partial charge is 0.481 e. The second-order valence-corrected chi connectivity index (χ2v) is 4.25. The number of carbonyl (C=O) groups excluding carboxylic acids is 1. The molecule has 1 aromatic heterocycles. The third-order valence-corrected chi connectivity index (χ3v) is 2.62. The minimum absolute atomic E-state index is 0.316. The van der Waals surface area contributed by atoms with Crippen molar-refractivity contribution < 1.29 is 19.4 Å². The molecule has 0 aliphatic carbocycles. The normalized spacial score (nSPS) is 11.7. The zero-order valence-electron chi connectivity index (χ0n) is 11.3. The molecule has 19 heavy (non-hydrogen) atoms. The number of carboxylic acids is 1. The number of carboxylic acid groups (broad SMARTS) is 1. The monoisotopic (exact) mass is 266 g/mol. The number of anilines is 1. The van der Waals surface area contributed by atoms with Crippen molar-refractivity contribution in [3.63, 3.8) is 0 Å². The van der Waals surface area contributed by atoms with E-state index in [0.29, 0.717) is 24.5 Å². The summed E-state index contributed by atoms with van der Waals surface area (Å²) in [5, 5.41) is 8.85. The van der Waals surface area contributed by atoms with E-state index in [1.165, 1.54) is 6.20 Å². The van der Waals surface area contributed by atoms with Crippen LogP contribution in [0.25, 0.3) is 0 Å². The summed E-state index contributed by atoms with van der Waals surface area (Å²) >= 11 is 0. The molecular formula is C13H18N2O4. The molecule has 0 fully saturated rings. The maximum atomic E-state index is 11.4. The number of rotatable bonds is 6. The molecule has 0 bridgehead atoms. The van der Waals surface area contributed by atoms with E-state index in [1.54, 1.807) is 37.9 Å². The molecule has 1 N–H and O–H groups in total. The number of aromatic nitrogens is 1. The Labute approximate surface area is 112 Å². The lowest BCUT2D eigenvalue weighted by Gasteiger charge is -2.20. The van der Waals surface area contributed by atoms with Gasteiger partial charge < -0.3 is 14.7 Å². The smallest absolute Gasteiger partial charge is 0.339 e. The highest BCUT2D eigenvalue weighted by atomic mass is 16.5. The fourth-order valence-corrected chi connectivity index (χ4v) is 1.53. The van der Waals surface area contributed by atoms with Crippen molar-refractivity contribution in [2.24, 2.45) is 5.92 Å². The van der Waals surface area contributed by atoms with Crippen LogP contribution in [0.2, 0.25) is 0 Å². The summed E-state index contributed by atoms with van der Waals surface area (Å²) in [6, 6.07) is 3.28. The molecule has 1 unspecified atom stereocenters. The topological polar surface area (TPSA) is 79.7 Å². The predicted molar refractivity (Wildman–Crippen MR) is 70.3 cm³/mol. The van der Waals surface area contributed by atoms with Crippen LogP contribution in [0.4, 0.5) is 5.82 Å². The van der Waals surface area contributed by atoms with E-state index in [4.69, 9.17) is 9.84 Å². The van der Waals surface area contributed by atoms with E-state index in [2.05, 4.69) is 4.98 Å². The first-order valence-corrected chi connectivity index (χ1v) is 6.02. The SMILES string of the molecule is CCOC(=O)c1ccc(N(C)CC(C)C(=O)O)nc1. The number of carbonyl (C=O) groups is 2. The standard InChI is InChI=1S/C13H18N2O4/c1-4-19-13(18)10-5-6-11(14-7-10)15(3)8-9(2)12(16)17/h5-7,9H,4,8H2,1-3H3,(H,16,17). The van der Waals surface area contributed by atoms with E-state index in [-0.39, 0.29) is 0 Å². The number of pyridine rings is 1. The van der Waals surface area contributed by atoms with Gasteiger partial charge in [-0.2, -0.15) is 0 Å². The Hall–Kier alpha value is -2.11. The van der Waals surface area contributed by atoms with Crippen LogP contribution < -0.4 is 4.90 Å². The van der Waals surface area contributed by atoms with Crippen molar-refractivity contribution >= 4 is 17.8 Å². The average Bonchev–Trinajstić information content (AvgIpc) is 2.39.